The summed E-state index contributed by atoms with van der Waals surface area (Å²) in [4.78, 5) is 29.0. The number of piperazine rings is 1. The Morgan fingerprint density at radius 1 is 1.15 bits per heavy atom. The van der Waals surface area contributed by atoms with Gasteiger partial charge >= 0.3 is 5.97 Å². The molecule has 0 aromatic carbocycles. The Balaban J connectivity index is 1.37. The third-order valence-electron chi connectivity index (χ3n) is 9.26. The van der Waals surface area contributed by atoms with E-state index in [9.17, 15) is 14.7 Å². The van der Waals surface area contributed by atoms with Gasteiger partial charge in [0, 0.05) is 57.9 Å². The number of nitrogens with zero attached hydrogens (tertiary/aromatic N) is 2. The van der Waals surface area contributed by atoms with E-state index in [4.69, 9.17) is 4.74 Å². The largest absolute Gasteiger partial charge is 0.458 e. The van der Waals surface area contributed by atoms with Gasteiger partial charge in [-0.25, -0.2) is 0 Å². The third kappa shape index (κ3) is 5.17. The number of ether oxygens (including phenoxy) is 1. The zero-order valence-corrected chi connectivity index (χ0v) is 21.1. The van der Waals surface area contributed by atoms with Crippen LogP contribution in [0.15, 0.2) is 11.6 Å². The first-order chi connectivity index (χ1) is 15.7. The maximum absolute atomic E-state index is 12.8. The number of hydrogen-bond acceptors (Lipinski definition) is 5. The summed E-state index contributed by atoms with van der Waals surface area (Å²) in [5, 5.41) is 11.8. The van der Waals surface area contributed by atoms with Crippen molar-refractivity contribution in [3.8, 4) is 0 Å². The molecule has 4 rings (SSSR count). The quantitative estimate of drug-likeness (QED) is 0.501. The van der Waals surface area contributed by atoms with Crippen LogP contribution in [0.3, 0.4) is 0 Å². The Hall–Kier alpha value is -1.40. The standard InChI is InChI=1S/C27H44N2O4/c1-18-15-24-23(10-9-20(3)27(24,32)16-25(18)33-21(4)30)19(2)17-28-11-13-29(14-12-28)26(31)22-7-5-6-8-22/h15,19-20,22-25,32H,5-14,16-17H2,1-4H3/t19-,20-,23+,24-,25-,27-/m1/s1. The number of carbonyl (C=O) groups is 2. The van der Waals surface area contributed by atoms with Gasteiger partial charge in [-0.05, 0) is 55.9 Å². The molecule has 2 saturated carbocycles. The van der Waals surface area contributed by atoms with Crippen LogP contribution in [0.4, 0.5) is 0 Å². The van der Waals surface area contributed by atoms with Gasteiger partial charge in [-0.1, -0.05) is 32.8 Å². The molecule has 1 amide bonds. The number of fused-ring (bicyclic) bond motifs is 1. The Kier molecular flexibility index (Phi) is 7.54. The molecule has 6 nitrogen and oxygen atoms in total. The molecule has 0 radical (unpaired) electrons. The lowest BCUT2D eigenvalue weighted by Gasteiger charge is -2.53. The number of hydrogen-bond donors (Lipinski definition) is 1. The molecule has 4 aliphatic rings. The molecule has 0 spiro atoms. The Labute approximate surface area is 199 Å². The number of rotatable bonds is 5. The highest BCUT2D eigenvalue weighted by molar-refractivity contribution is 5.79. The molecule has 0 unspecified atom stereocenters. The second kappa shape index (κ2) is 10.1. The second-order valence-corrected chi connectivity index (χ2v) is 11.5. The van der Waals surface area contributed by atoms with Gasteiger partial charge in [0.05, 0.1) is 5.60 Å². The average molecular weight is 461 g/mol. The van der Waals surface area contributed by atoms with E-state index in [0.717, 1.165) is 64.0 Å². The first-order valence-corrected chi connectivity index (χ1v) is 13.3. The van der Waals surface area contributed by atoms with Gasteiger partial charge in [0.15, 0.2) is 0 Å². The molecule has 0 aromatic rings. The molecule has 0 aromatic heterocycles. The molecule has 0 bridgehead atoms. The summed E-state index contributed by atoms with van der Waals surface area (Å²) in [6.07, 6.45) is 9.09. The van der Waals surface area contributed by atoms with Crippen LogP contribution in [0.5, 0.6) is 0 Å². The smallest absolute Gasteiger partial charge is 0.303 e. The highest BCUT2D eigenvalue weighted by Gasteiger charge is 2.52. The fraction of sp³-hybridized carbons (Fsp3) is 0.852. The van der Waals surface area contributed by atoms with Crippen LogP contribution in [0.2, 0.25) is 0 Å². The van der Waals surface area contributed by atoms with Crippen molar-refractivity contribution in [2.45, 2.75) is 84.3 Å². The second-order valence-electron chi connectivity index (χ2n) is 11.5. The van der Waals surface area contributed by atoms with Gasteiger partial charge in [-0.2, -0.15) is 0 Å². The fourth-order valence-electron chi connectivity index (χ4n) is 7.12. The van der Waals surface area contributed by atoms with Crippen LogP contribution >= 0.6 is 0 Å². The molecule has 33 heavy (non-hydrogen) atoms. The normalized spacial score (nSPS) is 36.8. The van der Waals surface area contributed by atoms with Gasteiger partial charge in [0.1, 0.15) is 6.10 Å². The molecule has 186 valence electrons. The van der Waals surface area contributed by atoms with E-state index < -0.39 is 5.60 Å². The summed E-state index contributed by atoms with van der Waals surface area (Å²) in [5.74, 6) is 1.55. The van der Waals surface area contributed by atoms with Crippen molar-refractivity contribution >= 4 is 11.9 Å². The average Bonchev–Trinajstić information content (AvgIpc) is 3.31. The van der Waals surface area contributed by atoms with E-state index in [2.05, 4.69) is 29.7 Å². The lowest BCUT2D eigenvalue weighted by molar-refractivity contribution is -0.159. The van der Waals surface area contributed by atoms with Crippen LogP contribution in [-0.2, 0) is 14.3 Å². The molecule has 1 heterocycles. The van der Waals surface area contributed by atoms with Crippen molar-refractivity contribution in [3.63, 3.8) is 0 Å². The van der Waals surface area contributed by atoms with E-state index in [-0.39, 0.29) is 29.8 Å². The van der Waals surface area contributed by atoms with E-state index in [1.54, 1.807) is 0 Å². The molecular formula is C27H44N2O4. The number of amides is 1. The van der Waals surface area contributed by atoms with Crippen molar-refractivity contribution < 1.29 is 19.4 Å². The lowest BCUT2D eigenvalue weighted by Crippen LogP contribution is -2.57. The minimum atomic E-state index is -0.816. The molecule has 6 atom stereocenters. The van der Waals surface area contributed by atoms with E-state index >= 15 is 0 Å². The van der Waals surface area contributed by atoms with Crippen LogP contribution < -0.4 is 0 Å². The first-order valence-electron chi connectivity index (χ1n) is 13.3. The minimum Gasteiger partial charge on any atom is -0.458 e. The van der Waals surface area contributed by atoms with Gasteiger partial charge in [0.25, 0.3) is 0 Å². The zero-order chi connectivity index (χ0) is 23.8. The Morgan fingerprint density at radius 2 is 1.82 bits per heavy atom. The topological polar surface area (TPSA) is 70.1 Å². The van der Waals surface area contributed by atoms with Crippen molar-refractivity contribution in [1.82, 2.24) is 9.80 Å². The predicted molar refractivity (Wildman–Crippen MR) is 128 cm³/mol. The summed E-state index contributed by atoms with van der Waals surface area (Å²) >= 11 is 0. The number of carbonyl (C=O) groups excluding carboxylic acids is 2. The predicted octanol–water partition coefficient (Wildman–Crippen LogP) is 3.63. The Bertz CT molecular complexity index is 753. The molecule has 6 heteroatoms. The van der Waals surface area contributed by atoms with E-state index in [0.29, 0.717) is 24.2 Å². The molecule has 1 aliphatic heterocycles. The summed E-state index contributed by atoms with van der Waals surface area (Å²) < 4.78 is 5.54. The highest BCUT2D eigenvalue weighted by atomic mass is 16.5. The van der Waals surface area contributed by atoms with Crippen LogP contribution in [0, 0.1) is 29.6 Å². The monoisotopic (exact) mass is 460 g/mol. The van der Waals surface area contributed by atoms with E-state index in [1.807, 2.05) is 6.92 Å². The summed E-state index contributed by atoms with van der Waals surface area (Å²) in [7, 11) is 0. The number of esters is 1. The summed E-state index contributed by atoms with van der Waals surface area (Å²) in [6.45, 7) is 12.6. The van der Waals surface area contributed by atoms with Gasteiger partial charge in [-0.15, -0.1) is 0 Å². The summed E-state index contributed by atoms with van der Waals surface area (Å²) in [6, 6.07) is 0. The van der Waals surface area contributed by atoms with Crippen molar-refractivity contribution in [2.75, 3.05) is 32.7 Å². The van der Waals surface area contributed by atoms with Crippen molar-refractivity contribution in [3.05, 3.63) is 11.6 Å². The summed E-state index contributed by atoms with van der Waals surface area (Å²) in [5.41, 5.74) is 0.258. The molecule has 3 aliphatic carbocycles. The van der Waals surface area contributed by atoms with Gasteiger partial charge in [-0.3, -0.25) is 14.5 Å². The molecule has 1 N–H and O–H groups in total. The zero-order valence-electron chi connectivity index (χ0n) is 21.1. The van der Waals surface area contributed by atoms with Gasteiger partial charge in [0.2, 0.25) is 5.91 Å². The SMILES string of the molecule is CC(=O)O[C@@H]1C[C@@]2(O)[C@H](C)CC[C@@H]([C@H](C)CN3CCN(C(=O)C4CCCC4)CC3)[C@H]2C=C1C. The third-order valence-corrected chi connectivity index (χ3v) is 9.26. The van der Waals surface area contributed by atoms with Crippen molar-refractivity contribution in [2.24, 2.45) is 29.6 Å². The number of aliphatic hydroxyl groups is 1. The minimum absolute atomic E-state index is 0.105. The van der Waals surface area contributed by atoms with Gasteiger partial charge < -0.3 is 14.7 Å². The lowest BCUT2D eigenvalue weighted by atomic mass is 9.57. The first kappa shape index (κ1) is 24.7. The molecule has 1 saturated heterocycles. The maximum Gasteiger partial charge on any atom is 0.303 e. The highest BCUT2D eigenvalue weighted by Crippen LogP contribution is 2.51. The van der Waals surface area contributed by atoms with E-state index in [1.165, 1.54) is 19.8 Å². The maximum atomic E-state index is 12.8. The van der Waals surface area contributed by atoms with Crippen LogP contribution in [0.1, 0.15) is 72.6 Å². The molecule has 3 fully saturated rings. The van der Waals surface area contributed by atoms with Crippen molar-refractivity contribution in [1.29, 1.82) is 0 Å². The van der Waals surface area contributed by atoms with Crippen LogP contribution in [0.25, 0.3) is 0 Å². The molecular weight excluding hydrogens is 416 g/mol. The van der Waals surface area contributed by atoms with Crippen LogP contribution in [-0.4, -0.2) is 71.2 Å². The fourth-order valence-corrected chi connectivity index (χ4v) is 7.12. The Morgan fingerprint density at radius 3 is 2.45 bits per heavy atom.